The van der Waals surface area contributed by atoms with Crippen LogP contribution in [0.25, 0.3) is 11.4 Å². The Hall–Kier alpha value is -2.30. The number of rotatable bonds is 2. The van der Waals surface area contributed by atoms with Gasteiger partial charge in [0.25, 0.3) is 5.91 Å². The van der Waals surface area contributed by atoms with Crippen molar-refractivity contribution in [3.05, 3.63) is 35.7 Å². The van der Waals surface area contributed by atoms with Crippen LogP contribution >= 0.6 is 0 Å². The summed E-state index contributed by atoms with van der Waals surface area (Å²) in [7, 11) is 1.61. The summed E-state index contributed by atoms with van der Waals surface area (Å²) in [5.74, 6) is 1.28. The average molecular weight is 229 g/mol. The van der Waals surface area contributed by atoms with Gasteiger partial charge in [0.2, 0.25) is 0 Å². The molecule has 1 aromatic carbocycles. The molecule has 0 atom stereocenters. The number of imidazole rings is 1. The summed E-state index contributed by atoms with van der Waals surface area (Å²) in [5, 5.41) is 2.71. The first-order chi connectivity index (χ1) is 8.29. The van der Waals surface area contributed by atoms with Crippen molar-refractivity contribution in [2.45, 2.75) is 6.54 Å². The Bertz CT molecular complexity index is 589. The predicted octanol–water partition coefficient (Wildman–Crippen LogP) is 1.33. The van der Waals surface area contributed by atoms with Crippen LogP contribution in [0.3, 0.4) is 0 Å². The van der Waals surface area contributed by atoms with Gasteiger partial charge in [-0.05, 0) is 12.1 Å². The number of para-hydroxylation sites is 1. The van der Waals surface area contributed by atoms with Crippen LogP contribution in [-0.2, 0) is 6.54 Å². The highest BCUT2D eigenvalue weighted by Crippen LogP contribution is 2.28. The Kier molecular flexibility index (Phi) is 2.11. The third-order valence-corrected chi connectivity index (χ3v) is 2.78. The highest BCUT2D eigenvalue weighted by molar-refractivity contribution is 5.96. The van der Waals surface area contributed by atoms with E-state index in [4.69, 9.17) is 4.74 Å². The predicted molar refractivity (Wildman–Crippen MR) is 61.7 cm³/mol. The van der Waals surface area contributed by atoms with Crippen molar-refractivity contribution >= 4 is 5.91 Å². The zero-order valence-corrected chi connectivity index (χ0v) is 9.28. The molecular weight excluding hydrogens is 218 g/mol. The zero-order chi connectivity index (χ0) is 11.8. The molecule has 0 bridgehead atoms. The number of fused-ring (bicyclic) bond motifs is 1. The third-order valence-electron chi connectivity index (χ3n) is 2.78. The molecule has 2 N–H and O–H groups in total. The molecule has 0 saturated carbocycles. The van der Waals surface area contributed by atoms with E-state index in [1.807, 2.05) is 24.3 Å². The lowest BCUT2D eigenvalue weighted by Crippen LogP contribution is -2.14. The van der Waals surface area contributed by atoms with Crippen LogP contribution in [0.15, 0.2) is 24.3 Å². The Labute approximate surface area is 97.8 Å². The average Bonchev–Trinajstić information content (AvgIpc) is 2.92. The van der Waals surface area contributed by atoms with E-state index < -0.39 is 0 Å². The maximum Gasteiger partial charge on any atom is 0.272 e. The molecule has 17 heavy (non-hydrogen) atoms. The number of nitrogens with one attached hydrogen (secondary N) is 2. The number of aromatic nitrogens is 2. The molecule has 3 rings (SSSR count). The van der Waals surface area contributed by atoms with E-state index in [0.29, 0.717) is 18.1 Å². The summed E-state index contributed by atoms with van der Waals surface area (Å²) in [6.07, 6.45) is 0. The molecular formula is C12H11N3O2. The SMILES string of the molecule is COc1ccccc1-c1nc2c([nH]1)CNC2=O. The van der Waals surface area contributed by atoms with Crippen LogP contribution in [0.1, 0.15) is 16.2 Å². The number of carbonyl (C=O) groups excluding carboxylic acids is 1. The summed E-state index contributed by atoms with van der Waals surface area (Å²) < 4.78 is 5.27. The number of hydrogen-bond donors (Lipinski definition) is 2. The van der Waals surface area contributed by atoms with Gasteiger partial charge < -0.3 is 15.0 Å². The van der Waals surface area contributed by atoms with Crippen LogP contribution in [0, 0.1) is 0 Å². The third kappa shape index (κ3) is 1.47. The number of methoxy groups -OCH3 is 1. The normalized spacial score (nSPS) is 13.4. The maximum atomic E-state index is 11.4. The molecule has 0 aliphatic carbocycles. The topological polar surface area (TPSA) is 67.0 Å². The van der Waals surface area contributed by atoms with Crippen molar-refractivity contribution in [3.8, 4) is 17.1 Å². The minimum Gasteiger partial charge on any atom is -0.496 e. The molecule has 5 nitrogen and oxygen atoms in total. The highest BCUT2D eigenvalue weighted by atomic mass is 16.5. The number of aromatic amines is 1. The van der Waals surface area contributed by atoms with Gasteiger partial charge in [0, 0.05) is 0 Å². The standard InChI is InChI=1S/C12H11N3O2/c1-17-9-5-3-2-4-7(9)11-14-8-6-13-12(16)10(8)15-11/h2-5H,6H2,1H3,(H,13,16)(H,14,15). The molecule has 5 heteroatoms. The molecule has 1 aromatic heterocycles. The number of carbonyl (C=O) groups is 1. The van der Waals surface area contributed by atoms with Crippen molar-refractivity contribution in [2.75, 3.05) is 7.11 Å². The molecule has 0 fully saturated rings. The Morgan fingerprint density at radius 1 is 1.35 bits per heavy atom. The molecule has 0 unspecified atom stereocenters. The van der Waals surface area contributed by atoms with Crippen molar-refractivity contribution in [3.63, 3.8) is 0 Å². The van der Waals surface area contributed by atoms with Crippen molar-refractivity contribution < 1.29 is 9.53 Å². The van der Waals surface area contributed by atoms with E-state index in [1.54, 1.807) is 7.11 Å². The largest absolute Gasteiger partial charge is 0.496 e. The number of H-pyrrole nitrogens is 1. The summed E-state index contributed by atoms with van der Waals surface area (Å²) in [6, 6.07) is 7.57. The van der Waals surface area contributed by atoms with E-state index in [-0.39, 0.29) is 5.91 Å². The lowest BCUT2D eigenvalue weighted by Gasteiger charge is -2.05. The monoisotopic (exact) mass is 229 g/mol. The van der Waals surface area contributed by atoms with Crippen LogP contribution in [0.2, 0.25) is 0 Å². The van der Waals surface area contributed by atoms with Gasteiger partial charge in [0.15, 0.2) is 5.69 Å². The summed E-state index contributed by atoms with van der Waals surface area (Å²) in [5.41, 5.74) is 2.17. The van der Waals surface area contributed by atoms with Crippen molar-refractivity contribution in [1.29, 1.82) is 0 Å². The number of amides is 1. The zero-order valence-electron chi connectivity index (χ0n) is 9.28. The van der Waals surface area contributed by atoms with E-state index in [9.17, 15) is 4.79 Å². The highest BCUT2D eigenvalue weighted by Gasteiger charge is 2.24. The minimum absolute atomic E-state index is 0.127. The lowest BCUT2D eigenvalue weighted by atomic mass is 10.2. The second-order valence-corrected chi connectivity index (χ2v) is 3.80. The maximum absolute atomic E-state index is 11.4. The van der Waals surface area contributed by atoms with Gasteiger partial charge in [-0.15, -0.1) is 0 Å². The fourth-order valence-corrected chi connectivity index (χ4v) is 1.95. The fraction of sp³-hybridized carbons (Fsp3) is 0.167. The Balaban J connectivity index is 2.10. The van der Waals surface area contributed by atoms with Crippen LogP contribution in [-0.4, -0.2) is 23.0 Å². The molecule has 86 valence electrons. The van der Waals surface area contributed by atoms with Gasteiger partial charge in [0.1, 0.15) is 11.6 Å². The van der Waals surface area contributed by atoms with E-state index >= 15 is 0 Å². The molecule has 1 aliphatic heterocycles. The Morgan fingerprint density at radius 3 is 2.94 bits per heavy atom. The summed E-state index contributed by atoms with van der Waals surface area (Å²) >= 11 is 0. The van der Waals surface area contributed by atoms with E-state index in [1.165, 1.54) is 0 Å². The van der Waals surface area contributed by atoms with Crippen LogP contribution < -0.4 is 10.1 Å². The number of hydrogen-bond acceptors (Lipinski definition) is 3. The Morgan fingerprint density at radius 2 is 2.18 bits per heavy atom. The van der Waals surface area contributed by atoms with E-state index in [2.05, 4.69) is 15.3 Å². The lowest BCUT2D eigenvalue weighted by molar-refractivity contribution is 0.0961. The number of ether oxygens (including phenoxy) is 1. The number of nitrogens with zero attached hydrogens (tertiary/aromatic N) is 1. The van der Waals surface area contributed by atoms with Gasteiger partial charge in [-0.2, -0.15) is 0 Å². The second-order valence-electron chi connectivity index (χ2n) is 3.80. The molecule has 0 radical (unpaired) electrons. The smallest absolute Gasteiger partial charge is 0.272 e. The van der Waals surface area contributed by atoms with Crippen LogP contribution in [0.5, 0.6) is 5.75 Å². The number of benzene rings is 1. The van der Waals surface area contributed by atoms with Crippen LogP contribution in [0.4, 0.5) is 0 Å². The van der Waals surface area contributed by atoms with Crippen molar-refractivity contribution in [1.82, 2.24) is 15.3 Å². The first kappa shape index (κ1) is 9.89. The molecule has 1 aliphatic rings. The quantitative estimate of drug-likeness (QED) is 0.816. The molecule has 2 aromatic rings. The first-order valence-electron chi connectivity index (χ1n) is 5.30. The van der Waals surface area contributed by atoms with Gasteiger partial charge in [-0.3, -0.25) is 4.79 Å². The van der Waals surface area contributed by atoms with Gasteiger partial charge in [0.05, 0.1) is 24.9 Å². The van der Waals surface area contributed by atoms with E-state index in [0.717, 1.165) is 17.0 Å². The van der Waals surface area contributed by atoms with Gasteiger partial charge in [-0.1, -0.05) is 12.1 Å². The fourth-order valence-electron chi connectivity index (χ4n) is 1.95. The second kappa shape index (κ2) is 3.62. The minimum atomic E-state index is -0.127. The molecule has 0 spiro atoms. The van der Waals surface area contributed by atoms with Gasteiger partial charge in [-0.25, -0.2) is 4.98 Å². The summed E-state index contributed by atoms with van der Waals surface area (Å²) in [4.78, 5) is 18.9. The van der Waals surface area contributed by atoms with Crippen molar-refractivity contribution in [2.24, 2.45) is 0 Å². The van der Waals surface area contributed by atoms with Gasteiger partial charge >= 0.3 is 0 Å². The first-order valence-corrected chi connectivity index (χ1v) is 5.30. The summed E-state index contributed by atoms with van der Waals surface area (Å²) in [6.45, 7) is 0.510. The molecule has 0 saturated heterocycles. The molecule has 2 heterocycles. The molecule has 1 amide bonds.